The summed E-state index contributed by atoms with van der Waals surface area (Å²) in [4.78, 5) is 0. The van der Waals surface area contributed by atoms with Crippen LogP contribution in [0.25, 0.3) is 5.69 Å². The molecule has 0 bridgehead atoms. The second-order valence-corrected chi connectivity index (χ2v) is 8.31. The van der Waals surface area contributed by atoms with Gasteiger partial charge < -0.3 is 5.32 Å². The van der Waals surface area contributed by atoms with E-state index in [1.807, 2.05) is 28.9 Å². The first-order chi connectivity index (χ1) is 15.8. The van der Waals surface area contributed by atoms with Gasteiger partial charge in [-0.05, 0) is 54.7 Å². The molecular weight excluding hydrogens is 392 g/mol. The number of hydrogen-bond donors (Lipinski definition) is 1. The number of rotatable bonds is 5. The van der Waals surface area contributed by atoms with Crippen LogP contribution in [0.5, 0.6) is 0 Å². The van der Waals surface area contributed by atoms with Gasteiger partial charge in [0.25, 0.3) is 0 Å². The van der Waals surface area contributed by atoms with Gasteiger partial charge in [0.1, 0.15) is 5.82 Å². The van der Waals surface area contributed by atoms with Crippen LogP contribution < -0.4 is 5.32 Å². The van der Waals surface area contributed by atoms with E-state index in [-0.39, 0.29) is 5.92 Å². The van der Waals surface area contributed by atoms with Crippen molar-refractivity contribution in [2.75, 3.05) is 11.9 Å². The summed E-state index contributed by atoms with van der Waals surface area (Å²) in [5, 5.41) is 17.9. The Morgan fingerprint density at radius 1 is 0.875 bits per heavy atom. The summed E-state index contributed by atoms with van der Waals surface area (Å²) in [7, 11) is 0. The number of fused-ring (bicyclic) bond motifs is 1. The lowest BCUT2D eigenvalue weighted by Gasteiger charge is -2.18. The molecule has 0 amide bonds. The molecule has 2 heterocycles. The van der Waals surface area contributed by atoms with Gasteiger partial charge in [-0.2, -0.15) is 10.4 Å². The summed E-state index contributed by atoms with van der Waals surface area (Å²) < 4.78 is 2.03. The van der Waals surface area contributed by atoms with Crippen LogP contribution in [0.4, 0.5) is 5.82 Å². The molecule has 1 aliphatic heterocycles. The average Bonchev–Trinajstić information content (AvgIpc) is 3.02. The van der Waals surface area contributed by atoms with E-state index in [1.54, 1.807) is 0 Å². The zero-order chi connectivity index (χ0) is 21.8. The van der Waals surface area contributed by atoms with Crippen molar-refractivity contribution in [3.05, 3.63) is 113 Å². The lowest BCUT2D eigenvalue weighted by Crippen LogP contribution is -2.08. The minimum absolute atomic E-state index is 0.245. The molecule has 1 aliphatic rings. The van der Waals surface area contributed by atoms with Crippen LogP contribution in [-0.2, 0) is 12.8 Å². The molecule has 1 N–H and O–H groups in total. The first kappa shape index (κ1) is 20.1. The molecule has 4 nitrogen and oxygen atoms in total. The average molecular weight is 419 g/mol. The van der Waals surface area contributed by atoms with Gasteiger partial charge in [0.05, 0.1) is 23.0 Å². The van der Waals surface area contributed by atoms with Gasteiger partial charge in [0.15, 0.2) is 0 Å². The van der Waals surface area contributed by atoms with Gasteiger partial charge in [-0.3, -0.25) is 0 Å². The van der Waals surface area contributed by atoms with E-state index >= 15 is 0 Å². The number of nitrogens with one attached hydrogen (secondary N) is 1. The van der Waals surface area contributed by atoms with Crippen LogP contribution in [-0.4, -0.2) is 16.3 Å². The summed E-state index contributed by atoms with van der Waals surface area (Å²) in [6.45, 7) is 0.954. The Morgan fingerprint density at radius 2 is 1.53 bits per heavy atom. The number of benzene rings is 3. The molecule has 158 valence electrons. The van der Waals surface area contributed by atoms with Crippen LogP contribution in [0.3, 0.4) is 0 Å². The van der Waals surface area contributed by atoms with Gasteiger partial charge >= 0.3 is 0 Å². The molecule has 32 heavy (non-hydrogen) atoms. The fourth-order valence-corrected chi connectivity index (χ4v) is 4.59. The van der Waals surface area contributed by atoms with E-state index in [2.05, 4.69) is 72.0 Å². The number of aromatic nitrogens is 2. The Morgan fingerprint density at radius 3 is 2.16 bits per heavy atom. The molecule has 0 saturated carbocycles. The largest absolute Gasteiger partial charge is 0.370 e. The Labute approximate surface area is 189 Å². The number of hydrogen-bond acceptors (Lipinski definition) is 3. The predicted octanol–water partition coefficient (Wildman–Crippen LogP) is 5.87. The third-order valence-corrected chi connectivity index (χ3v) is 6.26. The highest BCUT2D eigenvalue weighted by atomic mass is 15.3. The quantitative estimate of drug-likeness (QED) is 0.441. The normalized spacial score (nSPS) is 13.1. The lowest BCUT2D eigenvalue weighted by atomic mass is 9.86. The van der Waals surface area contributed by atoms with Crippen LogP contribution in [0, 0.1) is 11.3 Å². The van der Waals surface area contributed by atoms with Gasteiger partial charge in [-0.1, -0.05) is 60.7 Å². The molecule has 0 saturated heterocycles. The second kappa shape index (κ2) is 9.11. The topological polar surface area (TPSA) is 53.6 Å². The standard InChI is InChI=1S/C28H26N4/c29-20-21-14-16-24(17-15-21)32-28-25(13-7-8-18-30-28)27(31-32)19-26(22-9-3-1-4-10-22)23-11-5-2-6-12-23/h1-6,9-12,14-17,26,30H,7-8,13,18-19H2. The van der Waals surface area contributed by atoms with E-state index < -0.39 is 0 Å². The highest BCUT2D eigenvalue weighted by molar-refractivity contribution is 5.55. The van der Waals surface area contributed by atoms with Gasteiger partial charge in [0, 0.05) is 24.4 Å². The molecule has 1 aromatic heterocycles. The van der Waals surface area contributed by atoms with Crippen LogP contribution in [0.1, 0.15) is 46.7 Å². The zero-order valence-electron chi connectivity index (χ0n) is 18.0. The highest BCUT2D eigenvalue weighted by Crippen LogP contribution is 2.34. The van der Waals surface area contributed by atoms with Crippen molar-refractivity contribution < 1.29 is 0 Å². The van der Waals surface area contributed by atoms with Crippen molar-refractivity contribution in [1.29, 1.82) is 5.26 Å². The van der Waals surface area contributed by atoms with Gasteiger partial charge in [-0.25, -0.2) is 4.68 Å². The highest BCUT2D eigenvalue weighted by Gasteiger charge is 2.24. The Bertz CT molecular complexity index is 1180. The molecule has 5 rings (SSSR count). The summed E-state index contributed by atoms with van der Waals surface area (Å²) in [6.07, 6.45) is 4.20. The number of anilines is 1. The summed E-state index contributed by atoms with van der Waals surface area (Å²) in [6, 6.07) is 31.3. The fourth-order valence-electron chi connectivity index (χ4n) is 4.59. The lowest BCUT2D eigenvalue weighted by molar-refractivity contribution is 0.727. The van der Waals surface area contributed by atoms with E-state index in [1.165, 1.54) is 16.7 Å². The van der Waals surface area contributed by atoms with Crippen LogP contribution >= 0.6 is 0 Å². The predicted molar refractivity (Wildman–Crippen MR) is 128 cm³/mol. The second-order valence-electron chi connectivity index (χ2n) is 8.31. The maximum atomic E-state index is 9.16. The molecule has 0 aliphatic carbocycles. The minimum Gasteiger partial charge on any atom is -0.370 e. The first-order valence-corrected chi connectivity index (χ1v) is 11.3. The van der Waals surface area contributed by atoms with Crippen molar-refractivity contribution >= 4 is 5.82 Å². The monoisotopic (exact) mass is 418 g/mol. The van der Waals surface area contributed by atoms with E-state index in [4.69, 9.17) is 10.4 Å². The molecular formula is C28H26N4. The molecule has 0 unspecified atom stereocenters. The first-order valence-electron chi connectivity index (χ1n) is 11.3. The van der Waals surface area contributed by atoms with E-state index in [0.29, 0.717) is 5.56 Å². The molecule has 3 aromatic carbocycles. The van der Waals surface area contributed by atoms with Crippen LogP contribution in [0.2, 0.25) is 0 Å². The van der Waals surface area contributed by atoms with Crippen molar-refractivity contribution in [2.24, 2.45) is 0 Å². The Hall–Kier alpha value is -3.84. The van der Waals surface area contributed by atoms with Crippen molar-refractivity contribution in [1.82, 2.24) is 9.78 Å². The van der Waals surface area contributed by atoms with Crippen molar-refractivity contribution in [3.63, 3.8) is 0 Å². The maximum Gasteiger partial charge on any atom is 0.133 e. The number of nitrogens with zero attached hydrogens (tertiary/aromatic N) is 3. The molecule has 0 atom stereocenters. The smallest absolute Gasteiger partial charge is 0.133 e. The summed E-state index contributed by atoms with van der Waals surface area (Å²) in [5.74, 6) is 1.34. The summed E-state index contributed by atoms with van der Waals surface area (Å²) >= 11 is 0. The zero-order valence-corrected chi connectivity index (χ0v) is 18.0. The van der Waals surface area contributed by atoms with E-state index in [0.717, 1.165) is 49.4 Å². The van der Waals surface area contributed by atoms with Crippen molar-refractivity contribution in [2.45, 2.75) is 31.6 Å². The maximum absolute atomic E-state index is 9.16. The molecule has 0 radical (unpaired) electrons. The fraction of sp³-hybridized carbons (Fsp3) is 0.214. The molecule has 0 fully saturated rings. The third kappa shape index (κ3) is 4.02. The third-order valence-electron chi connectivity index (χ3n) is 6.26. The number of nitriles is 1. The van der Waals surface area contributed by atoms with Crippen molar-refractivity contribution in [3.8, 4) is 11.8 Å². The van der Waals surface area contributed by atoms with Gasteiger partial charge in [-0.15, -0.1) is 0 Å². The molecule has 4 aromatic rings. The summed E-state index contributed by atoms with van der Waals surface area (Å²) in [5.41, 5.74) is 6.73. The molecule has 0 spiro atoms. The Kier molecular flexibility index (Phi) is 5.72. The van der Waals surface area contributed by atoms with Crippen LogP contribution in [0.15, 0.2) is 84.9 Å². The van der Waals surface area contributed by atoms with Gasteiger partial charge in [0.2, 0.25) is 0 Å². The minimum atomic E-state index is 0.245. The Balaban J connectivity index is 1.59. The SMILES string of the molecule is N#Cc1ccc(-n2nc(CC(c3ccccc3)c3ccccc3)c3c2NCCCC3)cc1. The molecule has 4 heteroatoms. The van der Waals surface area contributed by atoms with E-state index in [9.17, 15) is 0 Å².